The molecule has 4 rings (SSSR count). The summed E-state index contributed by atoms with van der Waals surface area (Å²) in [4.78, 5) is 19.9. The Morgan fingerprint density at radius 2 is 1.77 bits per heavy atom. The Morgan fingerprint density at radius 1 is 1.03 bits per heavy atom. The third kappa shape index (κ3) is 5.85. The standard InChI is InChI=1S/C26H23Br3N4O2/c1-4-25-31-23-10-8-18(27)11-21(23)26(34)33(25)30-14-16-6-9-20(32(2)3)13-24(16)35-15-17-5-7-19(28)12-22(17)29/h5-14H,4,15H2,1-3H3. The van der Waals surface area contributed by atoms with Gasteiger partial charge in [-0.3, -0.25) is 4.79 Å². The molecule has 1 heterocycles. The maximum absolute atomic E-state index is 13.2. The monoisotopic (exact) mass is 660 g/mol. The van der Waals surface area contributed by atoms with E-state index in [0.717, 1.165) is 30.2 Å². The predicted molar refractivity (Wildman–Crippen MR) is 153 cm³/mol. The Kier molecular flexibility index (Phi) is 8.09. The predicted octanol–water partition coefficient (Wildman–Crippen LogP) is 6.77. The number of hydrogen-bond acceptors (Lipinski definition) is 5. The highest BCUT2D eigenvalue weighted by molar-refractivity contribution is 9.11. The third-order valence-electron chi connectivity index (χ3n) is 5.42. The molecule has 6 nitrogen and oxygen atoms in total. The molecule has 0 N–H and O–H groups in total. The zero-order chi connectivity index (χ0) is 25.1. The van der Waals surface area contributed by atoms with E-state index in [0.29, 0.717) is 35.5 Å². The zero-order valence-electron chi connectivity index (χ0n) is 19.4. The van der Waals surface area contributed by atoms with Crippen LogP contribution in [0.5, 0.6) is 5.75 Å². The first-order valence-electron chi connectivity index (χ1n) is 10.9. The molecule has 35 heavy (non-hydrogen) atoms. The molecule has 180 valence electrons. The molecule has 0 aliphatic carbocycles. The Balaban J connectivity index is 1.73. The number of hydrogen-bond donors (Lipinski definition) is 0. The Hall–Kier alpha value is -2.49. The van der Waals surface area contributed by atoms with Gasteiger partial charge in [0.15, 0.2) is 0 Å². The smallest absolute Gasteiger partial charge is 0.282 e. The van der Waals surface area contributed by atoms with Gasteiger partial charge in [-0.2, -0.15) is 9.78 Å². The molecular formula is C26H23Br3N4O2. The first kappa shape index (κ1) is 25.6. The second-order valence-corrected chi connectivity index (χ2v) is 10.7. The Morgan fingerprint density at radius 3 is 2.49 bits per heavy atom. The SMILES string of the molecule is CCc1nc2ccc(Br)cc2c(=O)n1N=Cc1ccc(N(C)C)cc1OCc1ccc(Br)cc1Br. The highest BCUT2D eigenvalue weighted by Crippen LogP contribution is 2.27. The van der Waals surface area contributed by atoms with E-state index >= 15 is 0 Å². The average Bonchev–Trinajstić information content (AvgIpc) is 2.83. The van der Waals surface area contributed by atoms with Crippen LogP contribution in [-0.4, -0.2) is 30.0 Å². The van der Waals surface area contributed by atoms with Crippen LogP contribution in [0.3, 0.4) is 0 Å². The van der Waals surface area contributed by atoms with Crippen molar-refractivity contribution in [3.05, 3.63) is 95.3 Å². The van der Waals surface area contributed by atoms with Gasteiger partial charge in [0.1, 0.15) is 18.2 Å². The zero-order valence-corrected chi connectivity index (χ0v) is 24.2. The highest BCUT2D eigenvalue weighted by atomic mass is 79.9. The van der Waals surface area contributed by atoms with Crippen molar-refractivity contribution in [2.75, 3.05) is 19.0 Å². The fraction of sp³-hybridized carbons (Fsp3) is 0.192. The number of nitrogens with zero attached hydrogens (tertiary/aromatic N) is 4. The molecule has 0 aliphatic heterocycles. The number of aryl methyl sites for hydroxylation is 1. The summed E-state index contributed by atoms with van der Waals surface area (Å²) in [7, 11) is 3.95. The molecule has 4 aromatic rings. The normalized spacial score (nSPS) is 11.4. The second kappa shape index (κ2) is 11.1. The first-order chi connectivity index (χ1) is 16.8. The molecule has 0 aliphatic rings. The minimum absolute atomic E-state index is 0.212. The molecular weight excluding hydrogens is 640 g/mol. The quantitative estimate of drug-likeness (QED) is 0.205. The van der Waals surface area contributed by atoms with Crippen molar-refractivity contribution < 1.29 is 4.74 Å². The van der Waals surface area contributed by atoms with E-state index in [1.54, 1.807) is 12.3 Å². The second-order valence-electron chi connectivity index (χ2n) is 8.05. The molecule has 0 bridgehead atoms. The molecule has 0 spiro atoms. The van der Waals surface area contributed by atoms with E-state index in [4.69, 9.17) is 4.74 Å². The number of benzene rings is 3. The fourth-order valence-corrected chi connectivity index (χ4v) is 5.01. The van der Waals surface area contributed by atoms with Crippen LogP contribution in [0.25, 0.3) is 10.9 Å². The van der Waals surface area contributed by atoms with Gasteiger partial charge in [0.05, 0.1) is 17.1 Å². The summed E-state index contributed by atoms with van der Waals surface area (Å²) >= 11 is 10.5. The van der Waals surface area contributed by atoms with Crippen molar-refractivity contribution in [2.24, 2.45) is 5.10 Å². The largest absolute Gasteiger partial charge is 0.488 e. The van der Waals surface area contributed by atoms with Gasteiger partial charge in [0, 0.05) is 56.8 Å². The number of fused-ring (bicyclic) bond motifs is 1. The number of rotatable bonds is 7. The number of ether oxygens (including phenoxy) is 1. The van der Waals surface area contributed by atoms with Crippen molar-refractivity contribution in [2.45, 2.75) is 20.0 Å². The summed E-state index contributed by atoms with van der Waals surface area (Å²) in [6.07, 6.45) is 2.22. The van der Waals surface area contributed by atoms with Crippen LogP contribution in [0.1, 0.15) is 23.9 Å². The van der Waals surface area contributed by atoms with Gasteiger partial charge in [0.25, 0.3) is 5.56 Å². The van der Waals surface area contributed by atoms with Gasteiger partial charge in [0.2, 0.25) is 0 Å². The van der Waals surface area contributed by atoms with Crippen LogP contribution in [0.2, 0.25) is 0 Å². The van der Waals surface area contributed by atoms with E-state index < -0.39 is 0 Å². The highest BCUT2D eigenvalue weighted by Gasteiger charge is 2.11. The van der Waals surface area contributed by atoms with Crippen LogP contribution in [0.4, 0.5) is 5.69 Å². The van der Waals surface area contributed by atoms with Crippen LogP contribution in [-0.2, 0) is 13.0 Å². The summed E-state index contributed by atoms with van der Waals surface area (Å²) < 4.78 is 10.4. The van der Waals surface area contributed by atoms with Crippen LogP contribution >= 0.6 is 47.8 Å². The summed E-state index contributed by atoms with van der Waals surface area (Å²) in [5.74, 6) is 1.25. The lowest BCUT2D eigenvalue weighted by molar-refractivity contribution is 0.305. The molecule has 3 aromatic carbocycles. The Bertz CT molecular complexity index is 1480. The van der Waals surface area contributed by atoms with Crippen LogP contribution < -0.4 is 15.2 Å². The molecule has 0 saturated heterocycles. The fourth-order valence-electron chi connectivity index (χ4n) is 3.49. The van der Waals surface area contributed by atoms with Crippen LogP contribution in [0.15, 0.2) is 77.9 Å². The molecule has 9 heteroatoms. The van der Waals surface area contributed by atoms with E-state index in [9.17, 15) is 4.79 Å². The van der Waals surface area contributed by atoms with Crippen LogP contribution in [0, 0.1) is 0 Å². The van der Waals surface area contributed by atoms with Gasteiger partial charge in [-0.25, -0.2) is 4.98 Å². The molecule has 1 aromatic heterocycles. The molecule has 0 saturated carbocycles. The minimum Gasteiger partial charge on any atom is -0.488 e. The Labute approximate surface area is 229 Å². The summed E-state index contributed by atoms with van der Waals surface area (Å²) in [6.45, 7) is 2.33. The number of aromatic nitrogens is 2. The maximum atomic E-state index is 13.2. The lowest BCUT2D eigenvalue weighted by Gasteiger charge is -2.16. The van der Waals surface area contributed by atoms with E-state index in [1.165, 1.54) is 4.68 Å². The van der Waals surface area contributed by atoms with Crippen molar-refractivity contribution >= 4 is 70.6 Å². The van der Waals surface area contributed by atoms with Crippen molar-refractivity contribution in [3.63, 3.8) is 0 Å². The van der Waals surface area contributed by atoms with E-state index in [2.05, 4.69) is 57.9 Å². The molecule has 0 atom stereocenters. The van der Waals surface area contributed by atoms with Crippen molar-refractivity contribution in [1.82, 2.24) is 9.66 Å². The lowest BCUT2D eigenvalue weighted by Crippen LogP contribution is -2.22. The van der Waals surface area contributed by atoms with Crippen molar-refractivity contribution in [1.29, 1.82) is 0 Å². The topological polar surface area (TPSA) is 59.7 Å². The van der Waals surface area contributed by atoms with E-state index in [1.807, 2.05) is 74.4 Å². The summed E-state index contributed by atoms with van der Waals surface area (Å²) in [5, 5.41) is 5.05. The minimum atomic E-state index is -0.212. The van der Waals surface area contributed by atoms with Gasteiger partial charge < -0.3 is 9.64 Å². The van der Waals surface area contributed by atoms with Gasteiger partial charge >= 0.3 is 0 Å². The van der Waals surface area contributed by atoms with Gasteiger partial charge in [-0.15, -0.1) is 0 Å². The summed E-state index contributed by atoms with van der Waals surface area (Å²) in [5.41, 5.74) is 3.21. The number of anilines is 1. The maximum Gasteiger partial charge on any atom is 0.282 e. The molecule has 0 amide bonds. The third-order valence-corrected chi connectivity index (χ3v) is 7.14. The summed E-state index contributed by atoms with van der Waals surface area (Å²) in [6, 6.07) is 17.3. The van der Waals surface area contributed by atoms with E-state index in [-0.39, 0.29) is 5.56 Å². The van der Waals surface area contributed by atoms with Crippen molar-refractivity contribution in [3.8, 4) is 5.75 Å². The lowest BCUT2D eigenvalue weighted by atomic mass is 10.2. The number of halogens is 3. The van der Waals surface area contributed by atoms with Gasteiger partial charge in [-0.1, -0.05) is 60.8 Å². The van der Waals surface area contributed by atoms with Gasteiger partial charge in [-0.05, 0) is 42.5 Å². The molecule has 0 radical (unpaired) electrons. The first-order valence-corrected chi connectivity index (χ1v) is 13.3. The molecule has 0 unspecified atom stereocenters. The average molecular weight is 663 g/mol. The molecule has 0 fully saturated rings.